The third-order valence-corrected chi connectivity index (χ3v) is 3.74. The Morgan fingerprint density at radius 3 is 2.43 bits per heavy atom. The van der Waals surface area contributed by atoms with E-state index in [0.717, 1.165) is 23.3 Å². The number of fused-ring (bicyclic) bond motifs is 1. The van der Waals surface area contributed by atoms with Crippen LogP contribution in [0.4, 0.5) is 13.2 Å². The molecule has 0 N–H and O–H groups in total. The van der Waals surface area contributed by atoms with E-state index >= 15 is 0 Å². The Morgan fingerprint density at radius 1 is 1.04 bits per heavy atom. The molecule has 2 aromatic carbocycles. The second kappa shape index (κ2) is 5.91. The molecule has 5 heteroatoms. The topological polar surface area (TPSA) is 26.3 Å². The zero-order valence-electron chi connectivity index (χ0n) is 12.0. The minimum absolute atomic E-state index is 0.0761. The molecule has 1 aliphatic rings. The Labute approximate surface area is 131 Å². The summed E-state index contributed by atoms with van der Waals surface area (Å²) in [4.78, 5) is 12.3. The van der Waals surface area contributed by atoms with Crippen molar-refractivity contribution in [1.29, 1.82) is 0 Å². The van der Waals surface area contributed by atoms with Crippen molar-refractivity contribution in [3.63, 3.8) is 0 Å². The Hall–Kier alpha value is -2.56. The predicted molar refractivity (Wildman–Crippen MR) is 79.7 cm³/mol. The number of halogens is 3. The molecule has 0 spiro atoms. The van der Waals surface area contributed by atoms with Gasteiger partial charge < -0.3 is 4.74 Å². The molecule has 0 aromatic heterocycles. The van der Waals surface area contributed by atoms with Gasteiger partial charge >= 0.3 is 6.18 Å². The minimum Gasteiger partial charge on any atom is -0.493 e. The van der Waals surface area contributed by atoms with Gasteiger partial charge in [-0.3, -0.25) is 4.79 Å². The summed E-state index contributed by atoms with van der Waals surface area (Å²) in [5, 5.41) is 0. The lowest BCUT2D eigenvalue weighted by molar-refractivity contribution is -0.137. The van der Waals surface area contributed by atoms with Crippen molar-refractivity contribution < 1.29 is 22.7 Å². The SMILES string of the molecule is O=C(C[C@H]1OC=Cc2ccccc21)c1ccc(C(F)(F)F)cc1. The first kappa shape index (κ1) is 15.3. The molecule has 0 aliphatic carbocycles. The van der Waals surface area contributed by atoms with Gasteiger partial charge in [-0.15, -0.1) is 0 Å². The van der Waals surface area contributed by atoms with Crippen LogP contribution in [0.3, 0.4) is 0 Å². The summed E-state index contributed by atoms with van der Waals surface area (Å²) in [5.41, 5.74) is 1.35. The minimum atomic E-state index is -4.40. The molecule has 2 aromatic rings. The fraction of sp³-hybridized carbons (Fsp3) is 0.167. The molecule has 0 fully saturated rings. The average Bonchev–Trinajstić information content (AvgIpc) is 2.54. The molecule has 118 valence electrons. The number of benzene rings is 2. The molecule has 0 saturated heterocycles. The first-order chi connectivity index (χ1) is 10.9. The number of alkyl halides is 3. The smallest absolute Gasteiger partial charge is 0.416 e. The van der Waals surface area contributed by atoms with Gasteiger partial charge in [-0.1, -0.05) is 36.4 Å². The van der Waals surface area contributed by atoms with Gasteiger partial charge in [-0.25, -0.2) is 0 Å². The fourth-order valence-corrected chi connectivity index (χ4v) is 2.53. The Balaban J connectivity index is 1.76. The quantitative estimate of drug-likeness (QED) is 0.743. The summed E-state index contributed by atoms with van der Waals surface area (Å²) in [7, 11) is 0. The standard InChI is InChI=1S/C18H13F3O2/c19-18(20,21)14-7-5-13(6-8-14)16(22)11-17-15-4-2-1-3-12(15)9-10-23-17/h1-10,17H,11H2/t17-/m1/s1. The zero-order valence-corrected chi connectivity index (χ0v) is 12.0. The van der Waals surface area contributed by atoms with Crippen LogP contribution in [0.25, 0.3) is 6.08 Å². The Kier molecular flexibility index (Phi) is 3.94. The molecule has 1 aliphatic heterocycles. The third-order valence-electron chi connectivity index (χ3n) is 3.74. The van der Waals surface area contributed by atoms with Crippen molar-refractivity contribution >= 4 is 11.9 Å². The van der Waals surface area contributed by atoms with Crippen molar-refractivity contribution in [3.05, 3.63) is 77.0 Å². The molecule has 1 atom stereocenters. The van der Waals surface area contributed by atoms with E-state index in [1.165, 1.54) is 18.4 Å². The highest BCUT2D eigenvalue weighted by Gasteiger charge is 2.30. The van der Waals surface area contributed by atoms with Gasteiger partial charge in [-0.2, -0.15) is 13.2 Å². The number of Topliss-reactive ketones (excluding diaryl/α,β-unsaturated/α-hetero) is 1. The Bertz CT molecular complexity index is 746. The van der Waals surface area contributed by atoms with Crippen LogP contribution in [0, 0.1) is 0 Å². The molecule has 0 unspecified atom stereocenters. The van der Waals surface area contributed by atoms with Crippen LogP contribution in [0.1, 0.15) is 39.6 Å². The molecule has 0 amide bonds. The second-order valence-electron chi connectivity index (χ2n) is 5.26. The van der Waals surface area contributed by atoms with E-state index in [9.17, 15) is 18.0 Å². The molecule has 23 heavy (non-hydrogen) atoms. The summed E-state index contributed by atoms with van der Waals surface area (Å²) in [6.45, 7) is 0. The molecule has 0 saturated carbocycles. The molecule has 0 bridgehead atoms. The number of carbonyl (C=O) groups is 1. The summed E-state index contributed by atoms with van der Waals surface area (Å²) in [5.74, 6) is -0.256. The van der Waals surface area contributed by atoms with Crippen LogP contribution in [0.2, 0.25) is 0 Å². The maximum absolute atomic E-state index is 12.5. The molecule has 2 nitrogen and oxygen atoms in total. The van der Waals surface area contributed by atoms with E-state index in [4.69, 9.17) is 4.74 Å². The second-order valence-corrected chi connectivity index (χ2v) is 5.26. The highest BCUT2D eigenvalue weighted by molar-refractivity contribution is 5.96. The van der Waals surface area contributed by atoms with Gasteiger partial charge in [-0.05, 0) is 23.8 Å². The van der Waals surface area contributed by atoms with Gasteiger partial charge in [0.25, 0.3) is 0 Å². The molecule has 1 heterocycles. The van der Waals surface area contributed by atoms with E-state index in [1.54, 1.807) is 0 Å². The van der Waals surface area contributed by atoms with E-state index < -0.39 is 17.8 Å². The summed E-state index contributed by atoms with van der Waals surface area (Å²) < 4.78 is 43.1. The van der Waals surface area contributed by atoms with Crippen LogP contribution in [0.15, 0.2) is 54.8 Å². The largest absolute Gasteiger partial charge is 0.493 e. The van der Waals surface area contributed by atoms with E-state index in [-0.39, 0.29) is 17.8 Å². The normalized spacial score (nSPS) is 16.6. The highest BCUT2D eigenvalue weighted by Crippen LogP contribution is 2.32. The van der Waals surface area contributed by atoms with Gasteiger partial charge in [0.05, 0.1) is 18.2 Å². The van der Waals surface area contributed by atoms with Crippen LogP contribution in [-0.2, 0) is 10.9 Å². The zero-order chi connectivity index (χ0) is 16.4. The first-order valence-corrected chi connectivity index (χ1v) is 7.06. The van der Waals surface area contributed by atoms with E-state index in [1.807, 2.05) is 30.3 Å². The lowest BCUT2D eigenvalue weighted by Crippen LogP contribution is -2.12. The molecular formula is C18H13F3O2. The summed E-state index contributed by atoms with van der Waals surface area (Å²) in [6.07, 6.45) is -1.41. The third kappa shape index (κ3) is 3.28. The monoisotopic (exact) mass is 318 g/mol. The lowest BCUT2D eigenvalue weighted by Gasteiger charge is -2.22. The van der Waals surface area contributed by atoms with E-state index in [0.29, 0.717) is 0 Å². The molecular weight excluding hydrogens is 305 g/mol. The number of carbonyl (C=O) groups excluding carboxylic acids is 1. The van der Waals surface area contributed by atoms with Gasteiger partial charge in [0, 0.05) is 11.1 Å². The van der Waals surface area contributed by atoms with Crippen LogP contribution >= 0.6 is 0 Å². The first-order valence-electron chi connectivity index (χ1n) is 7.06. The number of hydrogen-bond acceptors (Lipinski definition) is 2. The summed E-state index contributed by atoms with van der Waals surface area (Å²) >= 11 is 0. The van der Waals surface area contributed by atoms with Gasteiger partial charge in [0.1, 0.15) is 6.10 Å². The number of hydrogen-bond donors (Lipinski definition) is 0. The number of ketones is 1. The Morgan fingerprint density at radius 2 is 1.74 bits per heavy atom. The molecule has 3 rings (SSSR count). The van der Waals surface area contributed by atoms with Crippen LogP contribution < -0.4 is 0 Å². The van der Waals surface area contributed by atoms with Crippen molar-refractivity contribution in [3.8, 4) is 0 Å². The maximum atomic E-state index is 12.5. The van der Waals surface area contributed by atoms with Gasteiger partial charge in [0.2, 0.25) is 0 Å². The van der Waals surface area contributed by atoms with Crippen molar-refractivity contribution in [2.45, 2.75) is 18.7 Å². The van der Waals surface area contributed by atoms with Crippen LogP contribution in [0.5, 0.6) is 0 Å². The van der Waals surface area contributed by atoms with Gasteiger partial charge in [0.15, 0.2) is 5.78 Å². The highest BCUT2D eigenvalue weighted by atomic mass is 19.4. The summed E-state index contributed by atoms with van der Waals surface area (Å²) in [6, 6.07) is 11.8. The number of ether oxygens (including phenoxy) is 1. The van der Waals surface area contributed by atoms with E-state index in [2.05, 4.69) is 0 Å². The van der Waals surface area contributed by atoms with Crippen molar-refractivity contribution in [2.75, 3.05) is 0 Å². The molecule has 0 radical (unpaired) electrons. The lowest BCUT2D eigenvalue weighted by atomic mass is 9.95. The van der Waals surface area contributed by atoms with Crippen molar-refractivity contribution in [2.24, 2.45) is 0 Å². The predicted octanol–water partition coefficient (Wildman–Crippen LogP) is 5.02. The number of rotatable bonds is 3. The fourth-order valence-electron chi connectivity index (χ4n) is 2.53. The average molecular weight is 318 g/mol. The maximum Gasteiger partial charge on any atom is 0.416 e. The van der Waals surface area contributed by atoms with Crippen molar-refractivity contribution in [1.82, 2.24) is 0 Å². The van der Waals surface area contributed by atoms with Crippen LogP contribution in [-0.4, -0.2) is 5.78 Å².